The monoisotopic (exact) mass is 300 g/mol. The zero-order valence-corrected chi connectivity index (χ0v) is 11.7. The van der Waals surface area contributed by atoms with Crippen LogP contribution in [0.15, 0.2) is 22.7 Å². The second kappa shape index (κ2) is 6.64. The summed E-state index contributed by atoms with van der Waals surface area (Å²) in [6.45, 7) is 2.06. The summed E-state index contributed by atoms with van der Waals surface area (Å²) in [5.41, 5.74) is 1.04. The number of rotatable bonds is 6. The molecule has 1 aromatic carbocycles. The lowest BCUT2D eigenvalue weighted by atomic mass is 9.91. The molecule has 0 aromatic heterocycles. The van der Waals surface area contributed by atoms with E-state index >= 15 is 0 Å². The lowest BCUT2D eigenvalue weighted by Crippen LogP contribution is -2.06. The van der Waals surface area contributed by atoms with E-state index in [4.69, 9.17) is 9.84 Å². The molecule has 17 heavy (non-hydrogen) atoms. The maximum atomic E-state index is 10.8. The third kappa shape index (κ3) is 4.04. The summed E-state index contributed by atoms with van der Waals surface area (Å²) in [5.74, 6) is 0.0782. The maximum Gasteiger partial charge on any atom is 0.303 e. The van der Waals surface area contributed by atoms with Gasteiger partial charge in [0.15, 0.2) is 0 Å². The second-order valence-corrected chi connectivity index (χ2v) is 4.83. The van der Waals surface area contributed by atoms with E-state index in [1.807, 2.05) is 18.2 Å². The van der Waals surface area contributed by atoms with Crippen LogP contribution in [0.5, 0.6) is 5.75 Å². The fourth-order valence-electron chi connectivity index (χ4n) is 1.88. The second-order valence-electron chi connectivity index (χ2n) is 3.98. The van der Waals surface area contributed by atoms with E-state index in [0.29, 0.717) is 0 Å². The molecule has 0 saturated heterocycles. The van der Waals surface area contributed by atoms with E-state index in [0.717, 1.165) is 28.6 Å². The van der Waals surface area contributed by atoms with Crippen LogP contribution in [0, 0.1) is 0 Å². The van der Waals surface area contributed by atoms with Gasteiger partial charge in [-0.3, -0.25) is 4.79 Å². The minimum Gasteiger partial charge on any atom is -0.496 e. The van der Waals surface area contributed by atoms with Crippen LogP contribution in [0.1, 0.15) is 37.7 Å². The molecule has 1 N–H and O–H groups in total. The lowest BCUT2D eigenvalue weighted by molar-refractivity contribution is -0.137. The Bertz CT molecular complexity index is 390. The number of aliphatic carboxylic acids is 1. The summed E-state index contributed by atoms with van der Waals surface area (Å²) >= 11 is 3.42. The van der Waals surface area contributed by atoms with Crippen molar-refractivity contribution in [3.8, 4) is 5.75 Å². The number of methoxy groups -OCH3 is 1. The predicted molar refractivity (Wildman–Crippen MR) is 70.6 cm³/mol. The molecule has 3 nitrogen and oxygen atoms in total. The summed E-state index contributed by atoms with van der Waals surface area (Å²) in [7, 11) is 1.61. The van der Waals surface area contributed by atoms with Crippen molar-refractivity contribution in [2.45, 2.75) is 32.1 Å². The summed E-state index contributed by atoms with van der Waals surface area (Å²) < 4.78 is 6.02. The Morgan fingerprint density at radius 1 is 1.53 bits per heavy atom. The van der Waals surface area contributed by atoms with Crippen molar-refractivity contribution < 1.29 is 14.6 Å². The van der Waals surface area contributed by atoms with Crippen molar-refractivity contribution in [1.29, 1.82) is 0 Å². The molecule has 0 aliphatic heterocycles. The van der Waals surface area contributed by atoms with Crippen LogP contribution in [0.2, 0.25) is 0 Å². The number of halogens is 1. The standard InChI is InChI=1S/C13H17BrO3/c1-3-4-9(8-13(15)16)10-5-6-12(17-2)11(14)7-10/h5-7,9H,3-4,8H2,1-2H3,(H,15,16). The average molecular weight is 301 g/mol. The fourth-order valence-corrected chi connectivity index (χ4v) is 2.44. The third-order valence-corrected chi connectivity index (χ3v) is 3.33. The summed E-state index contributed by atoms with van der Waals surface area (Å²) in [4.78, 5) is 10.8. The minimum absolute atomic E-state index is 0.0692. The number of carboxylic acids is 1. The zero-order chi connectivity index (χ0) is 12.8. The van der Waals surface area contributed by atoms with Gasteiger partial charge in [0, 0.05) is 0 Å². The van der Waals surface area contributed by atoms with Gasteiger partial charge in [-0.15, -0.1) is 0 Å². The molecular formula is C13H17BrO3. The first-order valence-electron chi connectivity index (χ1n) is 5.63. The van der Waals surface area contributed by atoms with Crippen LogP contribution >= 0.6 is 15.9 Å². The highest BCUT2D eigenvalue weighted by atomic mass is 79.9. The summed E-state index contributed by atoms with van der Waals surface area (Å²) in [5, 5.41) is 8.91. The van der Waals surface area contributed by atoms with Crippen LogP contribution in [0.4, 0.5) is 0 Å². The van der Waals surface area contributed by atoms with E-state index in [9.17, 15) is 4.79 Å². The molecule has 0 heterocycles. The molecule has 1 rings (SSSR count). The highest BCUT2D eigenvalue weighted by molar-refractivity contribution is 9.10. The molecule has 0 aliphatic rings. The summed E-state index contributed by atoms with van der Waals surface area (Å²) in [6, 6.07) is 5.75. The van der Waals surface area contributed by atoms with E-state index in [2.05, 4.69) is 22.9 Å². The molecule has 94 valence electrons. The minimum atomic E-state index is -0.754. The SMILES string of the molecule is CCCC(CC(=O)O)c1ccc(OC)c(Br)c1. The smallest absolute Gasteiger partial charge is 0.303 e. The van der Waals surface area contributed by atoms with Crippen molar-refractivity contribution in [2.24, 2.45) is 0 Å². The third-order valence-electron chi connectivity index (χ3n) is 2.71. The van der Waals surface area contributed by atoms with Crippen molar-refractivity contribution in [1.82, 2.24) is 0 Å². The van der Waals surface area contributed by atoms with Crippen LogP contribution in [-0.4, -0.2) is 18.2 Å². The highest BCUT2D eigenvalue weighted by Gasteiger charge is 2.15. The molecule has 1 aromatic rings. The molecule has 0 spiro atoms. The number of ether oxygens (including phenoxy) is 1. The zero-order valence-electron chi connectivity index (χ0n) is 10.1. The van der Waals surface area contributed by atoms with Gasteiger partial charge in [0.1, 0.15) is 5.75 Å². The quantitative estimate of drug-likeness (QED) is 0.869. The van der Waals surface area contributed by atoms with Gasteiger partial charge in [-0.2, -0.15) is 0 Å². The number of hydrogen-bond acceptors (Lipinski definition) is 2. The van der Waals surface area contributed by atoms with Gasteiger partial charge >= 0.3 is 5.97 Å². The average Bonchev–Trinajstić information content (AvgIpc) is 2.28. The number of benzene rings is 1. The van der Waals surface area contributed by atoms with Gasteiger partial charge in [0.2, 0.25) is 0 Å². The summed E-state index contributed by atoms with van der Waals surface area (Å²) in [6.07, 6.45) is 2.03. The number of carboxylic acid groups (broad SMARTS) is 1. The van der Waals surface area contributed by atoms with E-state index in [1.54, 1.807) is 7.11 Å². The normalized spacial score (nSPS) is 12.2. The van der Waals surface area contributed by atoms with Crippen molar-refractivity contribution in [2.75, 3.05) is 7.11 Å². The number of hydrogen-bond donors (Lipinski definition) is 1. The Morgan fingerprint density at radius 2 is 2.24 bits per heavy atom. The van der Waals surface area contributed by atoms with E-state index < -0.39 is 5.97 Å². The molecule has 4 heteroatoms. The number of carbonyl (C=O) groups is 1. The van der Waals surface area contributed by atoms with Crippen molar-refractivity contribution >= 4 is 21.9 Å². The molecule has 0 saturated carbocycles. The Hall–Kier alpha value is -1.03. The molecule has 0 amide bonds. The van der Waals surface area contributed by atoms with Gasteiger partial charge in [0.25, 0.3) is 0 Å². The molecule has 1 atom stereocenters. The highest BCUT2D eigenvalue weighted by Crippen LogP contribution is 2.32. The van der Waals surface area contributed by atoms with Gasteiger partial charge < -0.3 is 9.84 Å². The predicted octanol–water partition coefficient (Wildman–Crippen LogP) is 3.82. The van der Waals surface area contributed by atoms with Crippen LogP contribution in [0.3, 0.4) is 0 Å². The van der Waals surface area contributed by atoms with E-state index in [1.165, 1.54) is 0 Å². The first-order valence-corrected chi connectivity index (χ1v) is 6.43. The Morgan fingerprint density at radius 3 is 2.71 bits per heavy atom. The molecule has 0 bridgehead atoms. The Labute approximate surface area is 110 Å². The maximum absolute atomic E-state index is 10.8. The van der Waals surface area contributed by atoms with E-state index in [-0.39, 0.29) is 12.3 Å². The van der Waals surface area contributed by atoms with Gasteiger partial charge in [0.05, 0.1) is 18.0 Å². The largest absolute Gasteiger partial charge is 0.496 e. The van der Waals surface area contributed by atoms with Crippen LogP contribution in [0.25, 0.3) is 0 Å². The van der Waals surface area contributed by atoms with Crippen molar-refractivity contribution in [3.05, 3.63) is 28.2 Å². The Balaban J connectivity index is 2.93. The first kappa shape index (κ1) is 14.0. The van der Waals surface area contributed by atoms with Gasteiger partial charge in [-0.25, -0.2) is 0 Å². The topological polar surface area (TPSA) is 46.5 Å². The Kier molecular flexibility index (Phi) is 5.48. The van der Waals surface area contributed by atoms with Crippen molar-refractivity contribution in [3.63, 3.8) is 0 Å². The molecule has 0 radical (unpaired) electrons. The molecule has 1 unspecified atom stereocenters. The van der Waals surface area contributed by atoms with Crippen LogP contribution in [-0.2, 0) is 4.79 Å². The molecular weight excluding hydrogens is 284 g/mol. The molecule has 0 fully saturated rings. The molecule has 0 aliphatic carbocycles. The van der Waals surface area contributed by atoms with Crippen LogP contribution < -0.4 is 4.74 Å². The first-order chi connectivity index (χ1) is 8.08. The van der Waals surface area contributed by atoms with Gasteiger partial charge in [-0.05, 0) is 46.0 Å². The lowest BCUT2D eigenvalue weighted by Gasteiger charge is -2.15. The van der Waals surface area contributed by atoms with Gasteiger partial charge in [-0.1, -0.05) is 19.4 Å². The fraction of sp³-hybridized carbons (Fsp3) is 0.462.